The molecule has 1 unspecified atom stereocenters. The third-order valence-electron chi connectivity index (χ3n) is 3.82. The van der Waals surface area contributed by atoms with Crippen LogP contribution in [-0.4, -0.2) is 40.2 Å². The number of carbonyl (C=O) groups excluding carboxylic acids is 1. The minimum Gasteiger partial charge on any atom is -0.507 e. The minimum atomic E-state index is -0.179. The van der Waals surface area contributed by atoms with Gasteiger partial charge in [-0.2, -0.15) is 0 Å². The van der Waals surface area contributed by atoms with E-state index in [4.69, 9.17) is 0 Å². The zero-order valence-electron chi connectivity index (χ0n) is 11.3. The highest BCUT2D eigenvalue weighted by molar-refractivity contribution is 5.97. The van der Waals surface area contributed by atoms with Gasteiger partial charge in [0, 0.05) is 6.54 Å². The van der Waals surface area contributed by atoms with Gasteiger partial charge in [-0.15, -0.1) is 0 Å². The Morgan fingerprint density at radius 1 is 1.37 bits per heavy atom. The number of phenolic OH excluding ortho intramolecular Hbond substituents is 1. The van der Waals surface area contributed by atoms with Crippen LogP contribution in [0.5, 0.6) is 5.75 Å². The topological polar surface area (TPSA) is 60.8 Å². The van der Waals surface area contributed by atoms with Gasteiger partial charge in [-0.05, 0) is 31.4 Å². The summed E-state index contributed by atoms with van der Waals surface area (Å²) >= 11 is 0. The number of carbonyl (C=O) groups is 1. The summed E-state index contributed by atoms with van der Waals surface area (Å²) in [6, 6.07) is 5.06. The van der Waals surface area contributed by atoms with E-state index in [1.807, 2.05) is 0 Å². The molecule has 1 fully saturated rings. The monoisotopic (exact) mass is 263 g/mol. The van der Waals surface area contributed by atoms with E-state index in [0.29, 0.717) is 17.7 Å². The number of aromatic hydroxyl groups is 1. The molecular formula is C15H21NO3. The molecule has 0 aliphatic carbocycles. The van der Waals surface area contributed by atoms with Crippen molar-refractivity contribution < 1.29 is 15.0 Å². The van der Waals surface area contributed by atoms with Crippen LogP contribution >= 0.6 is 0 Å². The minimum absolute atomic E-state index is 0.0156. The number of amides is 1. The first-order chi connectivity index (χ1) is 9.15. The van der Waals surface area contributed by atoms with Gasteiger partial charge in [0.05, 0.1) is 18.2 Å². The fraction of sp³-hybridized carbons (Fsp3) is 0.533. The van der Waals surface area contributed by atoms with E-state index in [9.17, 15) is 15.0 Å². The number of benzene rings is 1. The number of para-hydroxylation sites is 1. The number of aliphatic hydroxyl groups excluding tert-OH is 1. The van der Waals surface area contributed by atoms with Crippen LogP contribution in [0.3, 0.4) is 0 Å². The van der Waals surface area contributed by atoms with E-state index in [1.165, 1.54) is 0 Å². The quantitative estimate of drug-likeness (QED) is 0.858. The van der Waals surface area contributed by atoms with Crippen LogP contribution in [0, 0.1) is 6.92 Å². The number of likely N-dealkylation sites (tertiary alicyclic amines) is 1. The van der Waals surface area contributed by atoms with Crippen molar-refractivity contribution in [3.8, 4) is 5.75 Å². The van der Waals surface area contributed by atoms with Crippen molar-refractivity contribution in [2.75, 3.05) is 13.2 Å². The molecule has 1 aliphatic heterocycles. The normalized spacial score (nSPS) is 20.1. The van der Waals surface area contributed by atoms with Crippen LogP contribution in [0.15, 0.2) is 18.2 Å². The molecule has 2 rings (SSSR count). The molecule has 0 bridgehead atoms. The van der Waals surface area contributed by atoms with Crippen molar-refractivity contribution in [3.05, 3.63) is 29.3 Å². The van der Waals surface area contributed by atoms with Crippen molar-refractivity contribution in [2.24, 2.45) is 0 Å². The predicted octanol–water partition coefficient (Wildman–Crippen LogP) is 2.08. The Balaban J connectivity index is 2.28. The largest absolute Gasteiger partial charge is 0.507 e. The molecule has 1 atom stereocenters. The number of phenols is 1. The average molecular weight is 263 g/mol. The highest BCUT2D eigenvalue weighted by Gasteiger charge is 2.27. The van der Waals surface area contributed by atoms with E-state index in [-0.39, 0.29) is 24.3 Å². The van der Waals surface area contributed by atoms with Gasteiger partial charge in [-0.25, -0.2) is 0 Å². The first-order valence-corrected chi connectivity index (χ1v) is 6.85. The van der Waals surface area contributed by atoms with E-state index in [0.717, 1.165) is 25.7 Å². The van der Waals surface area contributed by atoms with Gasteiger partial charge in [-0.3, -0.25) is 4.79 Å². The van der Waals surface area contributed by atoms with Crippen LogP contribution in [-0.2, 0) is 0 Å². The van der Waals surface area contributed by atoms with Gasteiger partial charge in [-0.1, -0.05) is 25.0 Å². The fourth-order valence-electron chi connectivity index (χ4n) is 2.62. The molecule has 1 aromatic carbocycles. The Labute approximate surface area is 113 Å². The van der Waals surface area contributed by atoms with Gasteiger partial charge in [0.1, 0.15) is 5.75 Å². The van der Waals surface area contributed by atoms with Crippen LogP contribution in [0.2, 0.25) is 0 Å². The lowest BCUT2D eigenvalue weighted by Crippen LogP contribution is -2.42. The third kappa shape index (κ3) is 2.89. The van der Waals surface area contributed by atoms with Crippen molar-refractivity contribution in [2.45, 2.75) is 38.6 Å². The highest BCUT2D eigenvalue weighted by atomic mass is 16.3. The zero-order chi connectivity index (χ0) is 13.8. The molecule has 1 saturated heterocycles. The second-order valence-electron chi connectivity index (χ2n) is 5.16. The summed E-state index contributed by atoms with van der Waals surface area (Å²) in [4.78, 5) is 14.3. The average Bonchev–Trinajstić information content (AvgIpc) is 2.66. The standard InChI is InChI=1S/C15H21NO3/c1-11-6-5-8-13(14(11)18)15(19)16-9-4-2-3-7-12(16)10-17/h5-6,8,12,17-18H,2-4,7,9-10H2,1H3. The number of aryl methyl sites for hydroxylation is 1. The summed E-state index contributed by atoms with van der Waals surface area (Å²) < 4.78 is 0. The molecule has 0 saturated carbocycles. The summed E-state index contributed by atoms with van der Waals surface area (Å²) in [5.41, 5.74) is 1.03. The molecule has 1 amide bonds. The molecule has 0 radical (unpaired) electrons. The van der Waals surface area contributed by atoms with Crippen molar-refractivity contribution in [1.82, 2.24) is 4.90 Å². The summed E-state index contributed by atoms with van der Waals surface area (Å²) in [6.45, 7) is 2.41. The van der Waals surface area contributed by atoms with E-state index in [2.05, 4.69) is 0 Å². The summed E-state index contributed by atoms with van der Waals surface area (Å²) in [7, 11) is 0. The molecule has 1 aromatic rings. The highest BCUT2D eigenvalue weighted by Crippen LogP contribution is 2.26. The number of hydrogen-bond acceptors (Lipinski definition) is 3. The Kier molecular flexibility index (Phi) is 4.43. The molecule has 1 aliphatic rings. The maximum Gasteiger partial charge on any atom is 0.257 e. The number of hydrogen-bond donors (Lipinski definition) is 2. The molecule has 4 nitrogen and oxygen atoms in total. The van der Waals surface area contributed by atoms with Gasteiger partial charge >= 0.3 is 0 Å². The molecule has 104 valence electrons. The van der Waals surface area contributed by atoms with Gasteiger partial charge in [0.25, 0.3) is 5.91 Å². The van der Waals surface area contributed by atoms with Crippen LogP contribution in [0.25, 0.3) is 0 Å². The first-order valence-electron chi connectivity index (χ1n) is 6.85. The van der Waals surface area contributed by atoms with Crippen LogP contribution in [0.1, 0.15) is 41.6 Å². The Bertz CT molecular complexity index is 459. The first kappa shape index (κ1) is 13.9. The number of aliphatic hydroxyl groups is 1. The smallest absolute Gasteiger partial charge is 0.257 e. The van der Waals surface area contributed by atoms with Gasteiger partial charge in [0.2, 0.25) is 0 Å². The molecule has 2 N–H and O–H groups in total. The SMILES string of the molecule is Cc1cccc(C(=O)N2CCCCCC2CO)c1O. The summed E-state index contributed by atoms with van der Waals surface area (Å²) in [5.74, 6) is -0.129. The Morgan fingerprint density at radius 2 is 2.16 bits per heavy atom. The maximum absolute atomic E-state index is 12.5. The number of rotatable bonds is 2. The lowest BCUT2D eigenvalue weighted by atomic mass is 10.1. The molecule has 1 heterocycles. The van der Waals surface area contributed by atoms with Crippen LogP contribution < -0.4 is 0 Å². The van der Waals surface area contributed by atoms with E-state index < -0.39 is 0 Å². The van der Waals surface area contributed by atoms with Gasteiger partial charge in [0.15, 0.2) is 0 Å². The summed E-state index contributed by atoms with van der Waals surface area (Å²) in [6.07, 6.45) is 3.90. The molecular weight excluding hydrogens is 242 g/mol. The molecule has 4 heteroatoms. The van der Waals surface area contributed by atoms with E-state index in [1.54, 1.807) is 30.0 Å². The lowest BCUT2D eigenvalue weighted by molar-refractivity contribution is 0.0596. The van der Waals surface area contributed by atoms with Crippen molar-refractivity contribution >= 4 is 5.91 Å². The summed E-state index contributed by atoms with van der Waals surface area (Å²) in [5, 5.41) is 19.5. The van der Waals surface area contributed by atoms with Crippen LogP contribution in [0.4, 0.5) is 0 Å². The Morgan fingerprint density at radius 3 is 2.89 bits per heavy atom. The zero-order valence-corrected chi connectivity index (χ0v) is 11.3. The van der Waals surface area contributed by atoms with Crippen molar-refractivity contribution in [3.63, 3.8) is 0 Å². The van der Waals surface area contributed by atoms with E-state index >= 15 is 0 Å². The molecule has 0 aromatic heterocycles. The predicted molar refractivity (Wildman–Crippen MR) is 73.2 cm³/mol. The second-order valence-corrected chi connectivity index (χ2v) is 5.16. The fourth-order valence-corrected chi connectivity index (χ4v) is 2.62. The van der Waals surface area contributed by atoms with Crippen molar-refractivity contribution in [1.29, 1.82) is 0 Å². The second kappa shape index (κ2) is 6.06. The molecule has 0 spiro atoms. The lowest BCUT2D eigenvalue weighted by Gasteiger charge is -2.29. The maximum atomic E-state index is 12.5. The van der Waals surface area contributed by atoms with Gasteiger partial charge < -0.3 is 15.1 Å². The Hall–Kier alpha value is -1.55. The molecule has 19 heavy (non-hydrogen) atoms. The number of nitrogens with zero attached hydrogens (tertiary/aromatic N) is 1. The third-order valence-corrected chi connectivity index (χ3v) is 3.82.